The summed E-state index contributed by atoms with van der Waals surface area (Å²) in [5.74, 6) is 1.62. The van der Waals surface area contributed by atoms with Crippen LogP contribution in [0.4, 0.5) is 11.4 Å². The van der Waals surface area contributed by atoms with Gasteiger partial charge in [0.2, 0.25) is 0 Å². The molecular weight excluding hydrogens is 747 g/mol. The van der Waals surface area contributed by atoms with E-state index in [1.54, 1.807) is 11.1 Å². The lowest BCUT2D eigenvalue weighted by atomic mass is 9.62. The van der Waals surface area contributed by atoms with Crippen molar-refractivity contribution in [3.8, 4) is 0 Å². The van der Waals surface area contributed by atoms with Gasteiger partial charge in [-0.05, 0) is 159 Å². The number of allylic oxidation sites excluding steroid dienone is 10. The van der Waals surface area contributed by atoms with Crippen LogP contribution in [0.15, 0.2) is 170 Å². The van der Waals surface area contributed by atoms with E-state index in [0.717, 1.165) is 25.7 Å². The molecule has 5 aromatic rings. The van der Waals surface area contributed by atoms with Gasteiger partial charge in [-0.3, -0.25) is 0 Å². The monoisotopic (exact) mass is 807 g/mol. The first-order chi connectivity index (χ1) is 30.1. The number of nitrogens with zero attached hydrogens (tertiary/aromatic N) is 1. The molecule has 0 N–H and O–H groups in total. The highest BCUT2D eigenvalue weighted by molar-refractivity contribution is 5.86. The predicted octanol–water partition coefficient (Wildman–Crippen LogP) is 15.9. The summed E-state index contributed by atoms with van der Waals surface area (Å²) in [6.07, 6.45) is 27.3. The lowest BCUT2D eigenvalue weighted by Gasteiger charge is -2.42. The molecule has 1 nitrogen and oxygen atoms in total. The summed E-state index contributed by atoms with van der Waals surface area (Å²) < 4.78 is 0. The molecule has 11 rings (SSSR count). The Hall–Kier alpha value is -5.66. The van der Waals surface area contributed by atoms with Crippen molar-refractivity contribution in [1.82, 2.24) is 0 Å². The van der Waals surface area contributed by atoms with Crippen LogP contribution >= 0.6 is 0 Å². The lowest BCUT2D eigenvalue weighted by Crippen LogP contribution is -2.37. The van der Waals surface area contributed by atoms with Gasteiger partial charge >= 0.3 is 0 Å². The number of anilines is 2. The summed E-state index contributed by atoms with van der Waals surface area (Å²) in [7, 11) is 0. The van der Waals surface area contributed by atoms with Crippen LogP contribution < -0.4 is 4.90 Å². The predicted molar refractivity (Wildman–Crippen MR) is 264 cm³/mol. The molecule has 0 saturated heterocycles. The molecule has 0 amide bonds. The van der Waals surface area contributed by atoms with Crippen LogP contribution in [0.2, 0.25) is 0 Å². The smallest absolute Gasteiger partial charge is 0.0560 e. The third kappa shape index (κ3) is 6.41. The molecule has 0 radical (unpaired) electrons. The van der Waals surface area contributed by atoms with E-state index in [1.807, 2.05) is 0 Å². The molecule has 5 unspecified atom stereocenters. The van der Waals surface area contributed by atoms with Crippen molar-refractivity contribution in [2.45, 2.75) is 108 Å². The van der Waals surface area contributed by atoms with Gasteiger partial charge in [-0.2, -0.15) is 0 Å². The van der Waals surface area contributed by atoms with Crippen molar-refractivity contribution in [1.29, 1.82) is 0 Å². The van der Waals surface area contributed by atoms with E-state index in [1.165, 1.54) is 86.3 Å². The fourth-order valence-corrected chi connectivity index (χ4v) is 12.9. The highest BCUT2D eigenvalue weighted by atomic mass is 15.2. The standard InChI is InChI=1S/C61H61N/c1-59(2)54-16-10-9-15-52(54)53-36-29-47(39-57(53)59)45-25-32-50(33-26-45)62(49-30-23-44(24-31-49)43-21-19-42(20-22-43)41-13-7-6-8-14-41)51-34-27-46(28-35-51)48-37-38-61(5)56-18-12-11-17-55(56)60(3,4)58(61)40-48/h7,9-13,15-30,32-37,41,49,57-58H,6,8,14,31,38-40H2,1-5H3. The topological polar surface area (TPSA) is 3.24 Å². The molecule has 1 heteroatoms. The maximum absolute atomic E-state index is 2.57. The van der Waals surface area contributed by atoms with Crippen LogP contribution in [0, 0.1) is 11.8 Å². The molecular formula is C61H61N. The van der Waals surface area contributed by atoms with Crippen LogP contribution in [0.1, 0.15) is 130 Å². The maximum atomic E-state index is 2.57. The normalized spacial score (nSPS) is 26.3. The van der Waals surface area contributed by atoms with Gasteiger partial charge in [0.05, 0.1) is 6.04 Å². The van der Waals surface area contributed by atoms with E-state index in [-0.39, 0.29) is 22.3 Å². The fourth-order valence-electron chi connectivity index (χ4n) is 12.9. The van der Waals surface area contributed by atoms with Gasteiger partial charge in [-0.1, -0.05) is 180 Å². The van der Waals surface area contributed by atoms with Crippen LogP contribution in [0.25, 0.3) is 22.3 Å². The summed E-state index contributed by atoms with van der Waals surface area (Å²) in [5.41, 5.74) is 20.1. The van der Waals surface area contributed by atoms with E-state index in [4.69, 9.17) is 0 Å². The Morgan fingerprint density at radius 1 is 0.581 bits per heavy atom. The average Bonchev–Trinajstić information content (AvgIpc) is 3.66. The molecule has 0 bridgehead atoms. The minimum absolute atomic E-state index is 0.116. The summed E-state index contributed by atoms with van der Waals surface area (Å²) in [4.78, 5) is 2.57. The minimum atomic E-state index is 0.116. The van der Waals surface area contributed by atoms with Gasteiger partial charge in [0.25, 0.3) is 0 Å². The Morgan fingerprint density at radius 3 is 1.92 bits per heavy atom. The van der Waals surface area contributed by atoms with Crippen molar-refractivity contribution in [3.63, 3.8) is 0 Å². The van der Waals surface area contributed by atoms with Crippen molar-refractivity contribution in [2.75, 3.05) is 4.90 Å². The van der Waals surface area contributed by atoms with Crippen molar-refractivity contribution in [3.05, 3.63) is 214 Å². The molecule has 0 heterocycles. The van der Waals surface area contributed by atoms with Gasteiger partial charge in [-0.25, -0.2) is 0 Å². The lowest BCUT2D eigenvalue weighted by molar-refractivity contribution is 0.221. The van der Waals surface area contributed by atoms with Gasteiger partial charge in [-0.15, -0.1) is 0 Å². The third-order valence-corrected chi connectivity index (χ3v) is 16.5. The molecule has 310 valence electrons. The summed E-state index contributed by atoms with van der Waals surface area (Å²) in [6, 6.07) is 46.9. The van der Waals surface area contributed by atoms with Crippen LogP contribution in [-0.4, -0.2) is 6.04 Å². The van der Waals surface area contributed by atoms with E-state index in [2.05, 4.69) is 209 Å². The number of hydrogen-bond donors (Lipinski definition) is 0. The van der Waals surface area contributed by atoms with Crippen LogP contribution in [0.5, 0.6) is 0 Å². The van der Waals surface area contributed by atoms with Gasteiger partial charge in [0, 0.05) is 22.7 Å². The van der Waals surface area contributed by atoms with E-state index in [9.17, 15) is 0 Å². The molecule has 6 aliphatic carbocycles. The minimum Gasteiger partial charge on any atom is -0.334 e. The Bertz CT molecular complexity index is 2730. The van der Waals surface area contributed by atoms with Crippen LogP contribution in [0.3, 0.4) is 0 Å². The van der Waals surface area contributed by atoms with E-state index in [0.29, 0.717) is 17.8 Å². The van der Waals surface area contributed by atoms with E-state index < -0.39 is 0 Å². The second-order valence-corrected chi connectivity index (χ2v) is 20.6. The Morgan fingerprint density at radius 2 is 1.24 bits per heavy atom. The van der Waals surface area contributed by atoms with E-state index >= 15 is 0 Å². The van der Waals surface area contributed by atoms with Gasteiger partial charge in [0.15, 0.2) is 0 Å². The molecule has 0 fully saturated rings. The zero-order valence-corrected chi connectivity index (χ0v) is 37.4. The summed E-state index contributed by atoms with van der Waals surface area (Å²) >= 11 is 0. The average molecular weight is 808 g/mol. The summed E-state index contributed by atoms with van der Waals surface area (Å²) in [5, 5.41) is 0. The molecule has 62 heavy (non-hydrogen) atoms. The second kappa shape index (κ2) is 15.0. The number of rotatable bonds is 7. The molecule has 0 aliphatic heterocycles. The number of hydrogen-bond acceptors (Lipinski definition) is 1. The molecule has 6 aliphatic rings. The molecule has 0 spiro atoms. The molecule has 5 atom stereocenters. The van der Waals surface area contributed by atoms with Gasteiger partial charge in [0.1, 0.15) is 0 Å². The van der Waals surface area contributed by atoms with Crippen LogP contribution in [-0.2, 0) is 16.2 Å². The van der Waals surface area contributed by atoms with Crippen molar-refractivity contribution < 1.29 is 0 Å². The highest BCUT2D eigenvalue weighted by Gasteiger charge is 2.54. The van der Waals surface area contributed by atoms with Crippen molar-refractivity contribution in [2.24, 2.45) is 11.8 Å². The van der Waals surface area contributed by atoms with Crippen molar-refractivity contribution >= 4 is 33.7 Å². The SMILES string of the molecule is CC1(C)c2ccccc2C2=CC=C(c3ccc(N(c4ccc(C5=CCC6(C)c7ccccc7C(C)(C)C6C5)cc4)C4C=CC(c5ccc(C6C=CCCC6)cc5)=CC4)cc3)CC21. The zero-order chi connectivity index (χ0) is 42.2. The second-order valence-electron chi connectivity index (χ2n) is 20.6. The first kappa shape index (κ1) is 39.2. The number of benzene rings is 5. The highest BCUT2D eigenvalue weighted by Crippen LogP contribution is 2.60. The molecule has 0 saturated carbocycles. The quantitative estimate of drug-likeness (QED) is 0.148. The third-order valence-electron chi connectivity index (χ3n) is 16.5. The first-order valence-corrected chi connectivity index (χ1v) is 23.5. The fraction of sp³-hybridized carbons (Fsp3) is 0.311. The maximum Gasteiger partial charge on any atom is 0.0560 e. The Labute approximate surface area is 371 Å². The Kier molecular flexibility index (Phi) is 9.49. The summed E-state index contributed by atoms with van der Waals surface area (Å²) in [6.45, 7) is 12.3. The molecule has 5 aromatic carbocycles. The molecule has 0 aromatic heterocycles. The van der Waals surface area contributed by atoms with Gasteiger partial charge < -0.3 is 4.90 Å². The Balaban J connectivity index is 0.882. The largest absolute Gasteiger partial charge is 0.334 e. The number of fused-ring (bicyclic) bond motifs is 6. The zero-order valence-electron chi connectivity index (χ0n) is 37.4. The first-order valence-electron chi connectivity index (χ1n) is 23.5.